The molecule has 0 aromatic heterocycles. The van der Waals surface area contributed by atoms with Crippen molar-refractivity contribution in [1.82, 2.24) is 5.32 Å². The molecular weight excluding hydrogens is 226 g/mol. The van der Waals surface area contributed by atoms with Gasteiger partial charge in [-0.05, 0) is 31.9 Å². The monoisotopic (exact) mass is 249 g/mol. The average molecular weight is 249 g/mol. The van der Waals surface area contributed by atoms with Crippen molar-refractivity contribution in [2.24, 2.45) is 0 Å². The van der Waals surface area contributed by atoms with Crippen molar-refractivity contribution in [2.75, 3.05) is 13.2 Å². The Morgan fingerprint density at radius 1 is 1.22 bits per heavy atom. The molecule has 0 saturated heterocycles. The van der Waals surface area contributed by atoms with Gasteiger partial charge in [0.2, 0.25) is 5.91 Å². The molecule has 0 aliphatic heterocycles. The molecule has 0 fully saturated rings. The van der Waals surface area contributed by atoms with E-state index in [1.807, 2.05) is 31.2 Å². The summed E-state index contributed by atoms with van der Waals surface area (Å²) in [6.07, 6.45) is 3.45. The smallest absolute Gasteiger partial charge is 0.220 e. The van der Waals surface area contributed by atoms with Crippen LogP contribution in [0.1, 0.15) is 38.2 Å². The predicted molar refractivity (Wildman–Crippen MR) is 73.8 cm³/mol. The summed E-state index contributed by atoms with van der Waals surface area (Å²) in [5.74, 6) is 0.989. The maximum Gasteiger partial charge on any atom is 0.220 e. The molecule has 0 atom stereocenters. The molecule has 18 heavy (non-hydrogen) atoms. The third kappa shape index (κ3) is 6.28. The predicted octanol–water partition coefficient (Wildman–Crippen LogP) is 3.07. The Hall–Kier alpha value is -1.51. The number of benzene rings is 1. The van der Waals surface area contributed by atoms with Gasteiger partial charge in [0.05, 0.1) is 6.61 Å². The zero-order chi connectivity index (χ0) is 13.2. The minimum absolute atomic E-state index is 0.121. The first-order chi connectivity index (χ1) is 8.72. The van der Waals surface area contributed by atoms with Crippen LogP contribution in [-0.2, 0) is 4.79 Å². The summed E-state index contributed by atoms with van der Waals surface area (Å²) < 4.78 is 5.56. The summed E-state index contributed by atoms with van der Waals surface area (Å²) in [5, 5.41) is 2.90. The fourth-order valence-electron chi connectivity index (χ4n) is 1.55. The summed E-state index contributed by atoms with van der Waals surface area (Å²) >= 11 is 0. The van der Waals surface area contributed by atoms with Gasteiger partial charge in [0, 0.05) is 13.0 Å². The highest BCUT2D eigenvalue weighted by Gasteiger charge is 2.00. The molecule has 0 spiro atoms. The molecule has 1 aromatic carbocycles. The molecule has 0 bridgehead atoms. The van der Waals surface area contributed by atoms with E-state index in [4.69, 9.17) is 4.74 Å². The molecule has 0 aliphatic rings. The standard InChI is InChI=1S/C15H23NO2/c1-3-4-11-16-15(17)6-5-12-18-14-9-7-13(2)8-10-14/h7-10H,3-6,11-12H2,1-2H3,(H,16,17). The van der Waals surface area contributed by atoms with E-state index >= 15 is 0 Å². The first-order valence-electron chi connectivity index (χ1n) is 6.68. The van der Waals surface area contributed by atoms with Crippen molar-refractivity contribution in [1.29, 1.82) is 0 Å². The van der Waals surface area contributed by atoms with Crippen molar-refractivity contribution >= 4 is 5.91 Å². The lowest BCUT2D eigenvalue weighted by Crippen LogP contribution is -2.24. The summed E-state index contributed by atoms with van der Waals surface area (Å²) in [6.45, 7) is 5.53. The fourth-order valence-corrected chi connectivity index (χ4v) is 1.55. The van der Waals surface area contributed by atoms with E-state index in [0.717, 1.165) is 31.6 Å². The van der Waals surface area contributed by atoms with Gasteiger partial charge >= 0.3 is 0 Å². The second-order valence-corrected chi connectivity index (χ2v) is 4.47. The van der Waals surface area contributed by atoms with E-state index in [9.17, 15) is 4.79 Å². The lowest BCUT2D eigenvalue weighted by Gasteiger charge is -2.07. The van der Waals surface area contributed by atoms with Crippen LogP contribution in [0.4, 0.5) is 0 Å². The number of unbranched alkanes of at least 4 members (excludes halogenated alkanes) is 1. The highest BCUT2D eigenvalue weighted by atomic mass is 16.5. The van der Waals surface area contributed by atoms with E-state index in [1.165, 1.54) is 5.56 Å². The van der Waals surface area contributed by atoms with Gasteiger partial charge in [-0.2, -0.15) is 0 Å². The van der Waals surface area contributed by atoms with Crippen LogP contribution in [-0.4, -0.2) is 19.1 Å². The highest BCUT2D eigenvalue weighted by molar-refractivity contribution is 5.75. The van der Waals surface area contributed by atoms with Gasteiger partial charge in [0.1, 0.15) is 5.75 Å². The Morgan fingerprint density at radius 3 is 2.61 bits per heavy atom. The van der Waals surface area contributed by atoms with Crippen LogP contribution < -0.4 is 10.1 Å². The van der Waals surface area contributed by atoms with Crippen molar-refractivity contribution in [2.45, 2.75) is 39.5 Å². The number of nitrogens with one attached hydrogen (secondary N) is 1. The Balaban J connectivity index is 2.07. The fraction of sp³-hybridized carbons (Fsp3) is 0.533. The Morgan fingerprint density at radius 2 is 1.94 bits per heavy atom. The molecule has 1 amide bonds. The molecule has 0 saturated carbocycles. The molecule has 1 aromatic rings. The zero-order valence-corrected chi connectivity index (χ0v) is 11.4. The van der Waals surface area contributed by atoms with Gasteiger partial charge in [-0.1, -0.05) is 31.0 Å². The van der Waals surface area contributed by atoms with Crippen molar-refractivity contribution in [3.8, 4) is 5.75 Å². The number of carbonyl (C=O) groups is 1. The molecule has 3 heteroatoms. The summed E-state index contributed by atoms with van der Waals surface area (Å²) in [6, 6.07) is 7.95. The van der Waals surface area contributed by atoms with Gasteiger partial charge in [-0.3, -0.25) is 4.79 Å². The summed E-state index contributed by atoms with van der Waals surface area (Å²) in [4.78, 5) is 11.4. The van der Waals surface area contributed by atoms with Gasteiger partial charge in [-0.25, -0.2) is 0 Å². The topological polar surface area (TPSA) is 38.3 Å². The summed E-state index contributed by atoms with van der Waals surface area (Å²) in [7, 11) is 0. The van der Waals surface area contributed by atoms with Crippen molar-refractivity contribution in [3.05, 3.63) is 29.8 Å². The number of hydrogen-bond donors (Lipinski definition) is 1. The number of ether oxygens (including phenoxy) is 1. The number of aryl methyl sites for hydroxylation is 1. The lowest BCUT2D eigenvalue weighted by molar-refractivity contribution is -0.121. The van der Waals surface area contributed by atoms with E-state index in [-0.39, 0.29) is 5.91 Å². The minimum Gasteiger partial charge on any atom is -0.494 e. The molecule has 3 nitrogen and oxygen atoms in total. The SMILES string of the molecule is CCCCNC(=O)CCCOc1ccc(C)cc1. The molecule has 0 radical (unpaired) electrons. The molecule has 100 valence electrons. The third-order valence-corrected chi connectivity index (χ3v) is 2.69. The highest BCUT2D eigenvalue weighted by Crippen LogP contribution is 2.11. The molecule has 1 rings (SSSR count). The second-order valence-electron chi connectivity index (χ2n) is 4.47. The van der Waals surface area contributed by atoms with Crippen LogP contribution in [0.25, 0.3) is 0 Å². The number of carbonyl (C=O) groups excluding carboxylic acids is 1. The first-order valence-corrected chi connectivity index (χ1v) is 6.68. The van der Waals surface area contributed by atoms with Crippen LogP contribution in [0.5, 0.6) is 5.75 Å². The molecule has 0 aliphatic carbocycles. The summed E-state index contributed by atoms with van der Waals surface area (Å²) in [5.41, 5.74) is 1.22. The van der Waals surface area contributed by atoms with Crippen LogP contribution in [0, 0.1) is 6.92 Å². The normalized spacial score (nSPS) is 10.1. The second kappa shape index (κ2) is 8.56. The van der Waals surface area contributed by atoms with Gasteiger partial charge < -0.3 is 10.1 Å². The van der Waals surface area contributed by atoms with E-state index < -0.39 is 0 Å². The quantitative estimate of drug-likeness (QED) is 0.719. The van der Waals surface area contributed by atoms with E-state index in [1.54, 1.807) is 0 Å². The zero-order valence-electron chi connectivity index (χ0n) is 11.4. The maximum atomic E-state index is 11.4. The minimum atomic E-state index is 0.121. The average Bonchev–Trinajstić information content (AvgIpc) is 2.37. The van der Waals surface area contributed by atoms with Gasteiger partial charge in [0.25, 0.3) is 0 Å². The third-order valence-electron chi connectivity index (χ3n) is 2.69. The first kappa shape index (κ1) is 14.6. The maximum absolute atomic E-state index is 11.4. The largest absolute Gasteiger partial charge is 0.494 e. The van der Waals surface area contributed by atoms with E-state index in [0.29, 0.717) is 13.0 Å². The van der Waals surface area contributed by atoms with Crippen LogP contribution in [0.2, 0.25) is 0 Å². The van der Waals surface area contributed by atoms with E-state index in [2.05, 4.69) is 12.2 Å². The molecule has 0 heterocycles. The Labute approximate surface area is 110 Å². The van der Waals surface area contributed by atoms with Crippen molar-refractivity contribution in [3.63, 3.8) is 0 Å². The Bertz CT molecular complexity index is 346. The molecule has 0 unspecified atom stereocenters. The molecular formula is C15H23NO2. The number of hydrogen-bond acceptors (Lipinski definition) is 2. The van der Waals surface area contributed by atoms with Crippen molar-refractivity contribution < 1.29 is 9.53 Å². The lowest BCUT2D eigenvalue weighted by atomic mass is 10.2. The molecule has 1 N–H and O–H groups in total. The van der Waals surface area contributed by atoms with Gasteiger partial charge in [-0.15, -0.1) is 0 Å². The van der Waals surface area contributed by atoms with Crippen LogP contribution >= 0.6 is 0 Å². The van der Waals surface area contributed by atoms with Crippen LogP contribution in [0.3, 0.4) is 0 Å². The van der Waals surface area contributed by atoms with Gasteiger partial charge in [0.15, 0.2) is 0 Å². The number of rotatable bonds is 8. The Kier molecular flexibility index (Phi) is 6.92. The number of amides is 1. The van der Waals surface area contributed by atoms with Crippen LogP contribution in [0.15, 0.2) is 24.3 Å².